The van der Waals surface area contributed by atoms with Gasteiger partial charge >= 0.3 is 0 Å². The Bertz CT molecular complexity index is 919. The number of amides is 2. The molecule has 1 aliphatic rings. The van der Waals surface area contributed by atoms with E-state index in [2.05, 4.69) is 5.32 Å². The van der Waals surface area contributed by atoms with Gasteiger partial charge in [-0.05, 0) is 24.3 Å². The molecule has 0 aromatic heterocycles. The Kier molecular flexibility index (Phi) is 5.25. The number of rotatable bonds is 4. The lowest BCUT2D eigenvalue weighted by Gasteiger charge is -2.18. The smallest absolute Gasteiger partial charge is 0.269 e. The fourth-order valence-corrected chi connectivity index (χ4v) is 3.53. The molecule has 1 aliphatic heterocycles. The number of nitrogens with zero attached hydrogens (tertiary/aromatic N) is 2. The standard InChI is InChI=1S/C19H15N3O3S/c1-25-16-10-6-5-9-15(16)21-18(24)14(11-20)19-22(17(23)12-26-19)13-7-3-2-4-8-13/h2-10H,12H2,1H3,(H,21,24). The summed E-state index contributed by atoms with van der Waals surface area (Å²) < 4.78 is 5.21. The average Bonchev–Trinajstić information content (AvgIpc) is 3.04. The van der Waals surface area contributed by atoms with Gasteiger partial charge in [-0.1, -0.05) is 42.1 Å². The lowest BCUT2D eigenvalue weighted by atomic mass is 10.2. The molecule has 0 unspecified atom stereocenters. The van der Waals surface area contributed by atoms with Gasteiger partial charge in [0.15, 0.2) is 0 Å². The number of para-hydroxylation sites is 3. The third-order valence-corrected chi connectivity index (χ3v) is 4.76. The quantitative estimate of drug-likeness (QED) is 0.665. The molecule has 0 aliphatic carbocycles. The molecule has 0 saturated carbocycles. The maximum Gasteiger partial charge on any atom is 0.269 e. The number of anilines is 2. The van der Waals surface area contributed by atoms with Crippen molar-refractivity contribution in [3.8, 4) is 11.8 Å². The van der Waals surface area contributed by atoms with Crippen LogP contribution in [0.3, 0.4) is 0 Å². The van der Waals surface area contributed by atoms with Crippen molar-refractivity contribution in [1.29, 1.82) is 5.26 Å². The monoisotopic (exact) mass is 365 g/mol. The summed E-state index contributed by atoms with van der Waals surface area (Å²) >= 11 is 1.18. The Morgan fingerprint density at radius 1 is 1.19 bits per heavy atom. The number of hydrogen-bond donors (Lipinski definition) is 1. The van der Waals surface area contributed by atoms with Crippen LogP contribution in [-0.4, -0.2) is 24.7 Å². The Balaban J connectivity index is 1.97. The Morgan fingerprint density at radius 3 is 2.58 bits per heavy atom. The molecule has 7 heteroatoms. The highest BCUT2D eigenvalue weighted by molar-refractivity contribution is 8.04. The van der Waals surface area contributed by atoms with Crippen molar-refractivity contribution in [2.45, 2.75) is 0 Å². The van der Waals surface area contributed by atoms with E-state index < -0.39 is 5.91 Å². The molecular weight excluding hydrogens is 350 g/mol. The van der Waals surface area contributed by atoms with E-state index in [4.69, 9.17) is 4.74 Å². The normalized spacial score (nSPS) is 15.4. The first-order valence-corrected chi connectivity index (χ1v) is 8.74. The van der Waals surface area contributed by atoms with Crippen molar-refractivity contribution in [3.05, 3.63) is 65.2 Å². The summed E-state index contributed by atoms with van der Waals surface area (Å²) in [7, 11) is 1.50. The van der Waals surface area contributed by atoms with Crippen molar-refractivity contribution in [1.82, 2.24) is 0 Å². The molecule has 0 radical (unpaired) electrons. The van der Waals surface area contributed by atoms with Crippen LogP contribution < -0.4 is 15.0 Å². The molecule has 0 spiro atoms. The summed E-state index contributed by atoms with van der Waals surface area (Å²) in [4.78, 5) is 26.4. The van der Waals surface area contributed by atoms with Gasteiger partial charge in [-0.15, -0.1) is 0 Å². The average molecular weight is 365 g/mol. The molecule has 0 bridgehead atoms. The number of nitriles is 1. The molecule has 1 saturated heterocycles. The van der Waals surface area contributed by atoms with Crippen LogP contribution in [0.25, 0.3) is 0 Å². The highest BCUT2D eigenvalue weighted by Crippen LogP contribution is 2.36. The fourth-order valence-electron chi connectivity index (χ4n) is 2.52. The maximum atomic E-state index is 12.7. The van der Waals surface area contributed by atoms with Crippen molar-refractivity contribution in [2.75, 3.05) is 23.1 Å². The van der Waals surface area contributed by atoms with E-state index in [-0.39, 0.29) is 17.2 Å². The highest BCUT2D eigenvalue weighted by atomic mass is 32.2. The van der Waals surface area contributed by atoms with Gasteiger partial charge < -0.3 is 10.1 Å². The number of ether oxygens (including phenoxy) is 1. The summed E-state index contributed by atoms with van der Waals surface area (Å²) in [5.74, 6) is -0.0977. The minimum absolute atomic E-state index is 0.115. The van der Waals surface area contributed by atoms with E-state index in [1.54, 1.807) is 48.5 Å². The Morgan fingerprint density at radius 2 is 1.88 bits per heavy atom. The lowest BCUT2D eigenvalue weighted by Crippen LogP contribution is -2.26. The molecule has 3 rings (SSSR count). The summed E-state index contributed by atoms with van der Waals surface area (Å²) in [6.07, 6.45) is 0. The minimum Gasteiger partial charge on any atom is -0.495 e. The predicted molar refractivity (Wildman–Crippen MR) is 101 cm³/mol. The molecule has 6 nitrogen and oxygen atoms in total. The topological polar surface area (TPSA) is 82.4 Å². The molecule has 26 heavy (non-hydrogen) atoms. The van der Waals surface area contributed by atoms with Crippen molar-refractivity contribution >= 4 is 35.0 Å². The van der Waals surface area contributed by atoms with Gasteiger partial charge in [-0.25, -0.2) is 0 Å². The number of hydrogen-bond acceptors (Lipinski definition) is 5. The zero-order chi connectivity index (χ0) is 18.5. The fraction of sp³-hybridized carbons (Fsp3) is 0.105. The molecular formula is C19H15N3O3S. The summed E-state index contributed by atoms with van der Waals surface area (Å²) in [6.45, 7) is 0. The van der Waals surface area contributed by atoms with Crippen LogP contribution in [0.15, 0.2) is 65.2 Å². The number of carbonyl (C=O) groups excluding carboxylic acids is 2. The van der Waals surface area contributed by atoms with E-state index in [0.717, 1.165) is 0 Å². The number of thioether (sulfide) groups is 1. The van der Waals surface area contributed by atoms with Crippen LogP contribution in [0.4, 0.5) is 11.4 Å². The van der Waals surface area contributed by atoms with Gasteiger partial charge in [0.25, 0.3) is 5.91 Å². The van der Waals surface area contributed by atoms with Crippen LogP contribution in [0.2, 0.25) is 0 Å². The van der Waals surface area contributed by atoms with Crippen molar-refractivity contribution in [2.24, 2.45) is 0 Å². The zero-order valence-corrected chi connectivity index (χ0v) is 14.7. The number of methoxy groups -OCH3 is 1. The number of benzene rings is 2. The van der Waals surface area contributed by atoms with Crippen molar-refractivity contribution < 1.29 is 14.3 Å². The second kappa shape index (κ2) is 7.76. The molecule has 2 amide bonds. The first-order valence-electron chi connectivity index (χ1n) is 7.75. The maximum absolute atomic E-state index is 12.7. The number of nitrogens with one attached hydrogen (secondary N) is 1. The predicted octanol–water partition coefficient (Wildman–Crippen LogP) is 3.15. The van der Waals surface area contributed by atoms with E-state index in [1.807, 2.05) is 12.1 Å². The van der Waals surface area contributed by atoms with Gasteiger partial charge in [0, 0.05) is 5.69 Å². The first-order chi connectivity index (χ1) is 12.7. The Hall–Kier alpha value is -3.24. The molecule has 2 aromatic carbocycles. The minimum atomic E-state index is -0.588. The summed E-state index contributed by atoms with van der Waals surface area (Å²) in [5, 5.41) is 12.6. The van der Waals surface area contributed by atoms with Gasteiger partial charge in [0.05, 0.1) is 18.6 Å². The van der Waals surface area contributed by atoms with Crippen LogP contribution in [0.1, 0.15) is 0 Å². The van der Waals surface area contributed by atoms with Crippen LogP contribution in [-0.2, 0) is 9.59 Å². The molecule has 1 fully saturated rings. The van der Waals surface area contributed by atoms with E-state index in [0.29, 0.717) is 22.2 Å². The summed E-state index contributed by atoms with van der Waals surface area (Å²) in [5.41, 5.74) is 0.958. The molecule has 130 valence electrons. The lowest BCUT2D eigenvalue weighted by molar-refractivity contribution is -0.115. The van der Waals surface area contributed by atoms with Gasteiger partial charge in [-0.2, -0.15) is 5.26 Å². The van der Waals surface area contributed by atoms with Crippen molar-refractivity contribution in [3.63, 3.8) is 0 Å². The third-order valence-electron chi connectivity index (χ3n) is 3.71. The van der Waals surface area contributed by atoms with E-state index in [1.165, 1.54) is 23.8 Å². The van der Waals surface area contributed by atoms with Crippen LogP contribution in [0, 0.1) is 11.3 Å². The van der Waals surface area contributed by atoms with Crippen LogP contribution in [0.5, 0.6) is 5.75 Å². The molecule has 2 aromatic rings. The summed E-state index contributed by atoms with van der Waals surface area (Å²) in [6, 6.07) is 17.8. The van der Waals surface area contributed by atoms with E-state index in [9.17, 15) is 14.9 Å². The van der Waals surface area contributed by atoms with Crippen LogP contribution >= 0.6 is 11.8 Å². The molecule has 1 heterocycles. The largest absolute Gasteiger partial charge is 0.495 e. The highest BCUT2D eigenvalue weighted by Gasteiger charge is 2.33. The molecule has 0 atom stereocenters. The second-order valence-electron chi connectivity index (χ2n) is 5.30. The van der Waals surface area contributed by atoms with Gasteiger partial charge in [-0.3, -0.25) is 14.5 Å². The van der Waals surface area contributed by atoms with Gasteiger partial charge in [0.1, 0.15) is 22.4 Å². The van der Waals surface area contributed by atoms with Gasteiger partial charge in [0.2, 0.25) is 5.91 Å². The van der Waals surface area contributed by atoms with E-state index >= 15 is 0 Å². The Labute approximate surface area is 155 Å². The number of carbonyl (C=O) groups is 2. The SMILES string of the molecule is COc1ccccc1NC(=O)C(C#N)=C1SCC(=O)N1c1ccccc1. The third kappa shape index (κ3) is 3.41. The zero-order valence-electron chi connectivity index (χ0n) is 13.9. The second-order valence-corrected chi connectivity index (χ2v) is 6.26. The molecule has 1 N–H and O–H groups in total. The first kappa shape index (κ1) is 17.6.